The predicted octanol–water partition coefficient (Wildman–Crippen LogP) is 2.42. The minimum absolute atomic E-state index is 0.130. The van der Waals surface area contributed by atoms with Gasteiger partial charge in [0.05, 0.1) is 12.7 Å². The smallest absolute Gasteiger partial charge is 0.238 e. The summed E-state index contributed by atoms with van der Waals surface area (Å²) in [5.74, 6) is -0.451. The molecule has 1 heterocycles. The largest absolute Gasteiger partial charge is 0.325 e. The molecule has 1 aromatic heterocycles. The molecule has 1 N–H and O–H groups in total. The SMILES string of the molecule is CCn1ncc(CN(C)CC(=O)Nc2ccc(F)cc2)c1C. The van der Waals surface area contributed by atoms with Crippen LogP contribution in [0.15, 0.2) is 30.5 Å². The van der Waals surface area contributed by atoms with E-state index in [1.54, 1.807) is 12.1 Å². The Balaban J connectivity index is 1.88. The van der Waals surface area contributed by atoms with Crippen molar-refractivity contribution in [1.82, 2.24) is 14.7 Å². The number of nitrogens with one attached hydrogen (secondary N) is 1. The first-order valence-corrected chi connectivity index (χ1v) is 7.25. The molecule has 1 amide bonds. The number of aromatic nitrogens is 2. The van der Waals surface area contributed by atoms with Gasteiger partial charge in [0, 0.05) is 30.0 Å². The number of halogens is 1. The van der Waals surface area contributed by atoms with Gasteiger partial charge in [-0.2, -0.15) is 5.10 Å². The monoisotopic (exact) mass is 304 g/mol. The average Bonchev–Trinajstić information content (AvgIpc) is 2.82. The fourth-order valence-electron chi connectivity index (χ4n) is 2.28. The van der Waals surface area contributed by atoms with Gasteiger partial charge < -0.3 is 5.32 Å². The van der Waals surface area contributed by atoms with Crippen molar-refractivity contribution in [2.24, 2.45) is 0 Å². The van der Waals surface area contributed by atoms with Gasteiger partial charge >= 0.3 is 0 Å². The second kappa shape index (κ2) is 7.17. The van der Waals surface area contributed by atoms with Crippen LogP contribution in [0.2, 0.25) is 0 Å². The van der Waals surface area contributed by atoms with Crippen molar-refractivity contribution in [2.75, 3.05) is 18.9 Å². The Labute approximate surface area is 129 Å². The molecule has 0 radical (unpaired) electrons. The maximum absolute atomic E-state index is 12.8. The number of hydrogen-bond acceptors (Lipinski definition) is 3. The van der Waals surface area contributed by atoms with Crippen molar-refractivity contribution < 1.29 is 9.18 Å². The molecule has 0 aliphatic heterocycles. The van der Waals surface area contributed by atoms with Gasteiger partial charge in [-0.15, -0.1) is 0 Å². The summed E-state index contributed by atoms with van der Waals surface area (Å²) < 4.78 is 14.7. The lowest BCUT2D eigenvalue weighted by molar-refractivity contribution is -0.117. The molecule has 0 aliphatic rings. The molecular weight excluding hydrogens is 283 g/mol. The number of carbonyl (C=O) groups excluding carboxylic acids is 1. The Morgan fingerprint density at radius 1 is 1.36 bits per heavy atom. The Hall–Kier alpha value is -2.21. The molecule has 2 rings (SSSR count). The van der Waals surface area contributed by atoms with Crippen molar-refractivity contribution >= 4 is 11.6 Å². The third-order valence-electron chi connectivity index (χ3n) is 3.49. The van der Waals surface area contributed by atoms with E-state index in [1.807, 2.05) is 36.7 Å². The third-order valence-corrected chi connectivity index (χ3v) is 3.49. The summed E-state index contributed by atoms with van der Waals surface area (Å²) in [6.45, 7) is 5.82. The number of aryl methyl sites for hydroxylation is 1. The Morgan fingerprint density at radius 3 is 2.64 bits per heavy atom. The van der Waals surface area contributed by atoms with Crippen LogP contribution < -0.4 is 5.32 Å². The topological polar surface area (TPSA) is 50.2 Å². The lowest BCUT2D eigenvalue weighted by Crippen LogP contribution is -2.30. The molecule has 22 heavy (non-hydrogen) atoms. The number of anilines is 1. The average molecular weight is 304 g/mol. The molecule has 0 spiro atoms. The molecule has 0 atom stereocenters. The van der Waals surface area contributed by atoms with Crippen molar-refractivity contribution in [3.8, 4) is 0 Å². The van der Waals surface area contributed by atoms with Crippen LogP contribution in [0.3, 0.4) is 0 Å². The van der Waals surface area contributed by atoms with E-state index in [0.29, 0.717) is 12.2 Å². The van der Waals surface area contributed by atoms with Gasteiger partial charge in [0.25, 0.3) is 0 Å². The summed E-state index contributed by atoms with van der Waals surface area (Å²) in [5, 5.41) is 7.05. The van der Waals surface area contributed by atoms with Crippen molar-refractivity contribution in [3.05, 3.63) is 47.5 Å². The van der Waals surface area contributed by atoms with Gasteiger partial charge in [-0.25, -0.2) is 4.39 Å². The van der Waals surface area contributed by atoms with Gasteiger partial charge in [0.2, 0.25) is 5.91 Å². The Morgan fingerprint density at radius 2 is 2.05 bits per heavy atom. The third kappa shape index (κ3) is 4.14. The molecule has 6 heteroatoms. The standard InChI is InChI=1S/C16H21FN4O/c1-4-21-12(2)13(9-18-21)10-20(3)11-16(22)19-15-7-5-14(17)6-8-15/h5-9H,4,10-11H2,1-3H3,(H,19,22). The molecule has 0 bridgehead atoms. The van der Waals surface area contributed by atoms with Crippen molar-refractivity contribution in [3.63, 3.8) is 0 Å². The number of hydrogen-bond donors (Lipinski definition) is 1. The second-order valence-electron chi connectivity index (χ2n) is 5.30. The van der Waals surface area contributed by atoms with Gasteiger partial charge in [-0.3, -0.25) is 14.4 Å². The van der Waals surface area contributed by atoms with E-state index in [-0.39, 0.29) is 18.3 Å². The summed E-state index contributed by atoms with van der Waals surface area (Å²) in [6.07, 6.45) is 1.84. The van der Waals surface area contributed by atoms with E-state index in [1.165, 1.54) is 12.1 Å². The van der Waals surface area contributed by atoms with Crippen LogP contribution in [-0.2, 0) is 17.9 Å². The summed E-state index contributed by atoms with van der Waals surface area (Å²) >= 11 is 0. The highest BCUT2D eigenvalue weighted by Gasteiger charge is 2.11. The Bertz CT molecular complexity index is 636. The second-order valence-corrected chi connectivity index (χ2v) is 5.30. The minimum atomic E-state index is -0.321. The van der Waals surface area contributed by atoms with E-state index < -0.39 is 0 Å². The molecule has 5 nitrogen and oxygen atoms in total. The molecular formula is C16H21FN4O. The zero-order chi connectivity index (χ0) is 16.1. The van der Waals surface area contributed by atoms with Crippen LogP contribution in [0.25, 0.3) is 0 Å². The first-order chi connectivity index (χ1) is 10.5. The van der Waals surface area contributed by atoms with Crippen LogP contribution in [0.1, 0.15) is 18.2 Å². The number of carbonyl (C=O) groups is 1. The highest BCUT2D eigenvalue weighted by Crippen LogP contribution is 2.11. The first kappa shape index (κ1) is 16.2. The van der Waals surface area contributed by atoms with E-state index >= 15 is 0 Å². The lowest BCUT2D eigenvalue weighted by atomic mass is 10.2. The maximum Gasteiger partial charge on any atom is 0.238 e. The Kier molecular flexibility index (Phi) is 5.27. The van der Waals surface area contributed by atoms with Gasteiger partial charge in [0.15, 0.2) is 0 Å². The highest BCUT2D eigenvalue weighted by molar-refractivity contribution is 5.92. The van der Waals surface area contributed by atoms with Crippen LogP contribution >= 0.6 is 0 Å². The molecule has 118 valence electrons. The highest BCUT2D eigenvalue weighted by atomic mass is 19.1. The molecule has 0 saturated carbocycles. The minimum Gasteiger partial charge on any atom is -0.325 e. The van der Waals surface area contributed by atoms with Crippen LogP contribution in [0, 0.1) is 12.7 Å². The molecule has 0 saturated heterocycles. The van der Waals surface area contributed by atoms with Gasteiger partial charge in [0.1, 0.15) is 5.82 Å². The van der Waals surface area contributed by atoms with E-state index in [0.717, 1.165) is 17.8 Å². The van der Waals surface area contributed by atoms with Gasteiger partial charge in [-0.1, -0.05) is 0 Å². The van der Waals surface area contributed by atoms with Crippen LogP contribution in [0.4, 0.5) is 10.1 Å². The van der Waals surface area contributed by atoms with E-state index in [4.69, 9.17) is 0 Å². The normalized spacial score (nSPS) is 11.0. The summed E-state index contributed by atoms with van der Waals surface area (Å²) in [7, 11) is 1.88. The fourth-order valence-corrected chi connectivity index (χ4v) is 2.28. The number of rotatable bonds is 6. The first-order valence-electron chi connectivity index (χ1n) is 7.25. The van der Waals surface area contributed by atoms with Crippen LogP contribution in [0.5, 0.6) is 0 Å². The van der Waals surface area contributed by atoms with Crippen molar-refractivity contribution in [2.45, 2.75) is 26.9 Å². The number of benzene rings is 1. The zero-order valence-corrected chi connectivity index (χ0v) is 13.1. The zero-order valence-electron chi connectivity index (χ0n) is 13.1. The molecule has 1 aromatic carbocycles. The summed E-state index contributed by atoms with van der Waals surface area (Å²) in [5.41, 5.74) is 2.82. The van der Waals surface area contributed by atoms with E-state index in [9.17, 15) is 9.18 Å². The molecule has 0 fully saturated rings. The van der Waals surface area contributed by atoms with E-state index in [2.05, 4.69) is 10.4 Å². The summed E-state index contributed by atoms with van der Waals surface area (Å²) in [6, 6.07) is 5.73. The maximum atomic E-state index is 12.8. The number of amides is 1. The molecule has 2 aromatic rings. The molecule has 0 unspecified atom stereocenters. The lowest BCUT2D eigenvalue weighted by Gasteiger charge is -2.16. The van der Waals surface area contributed by atoms with Gasteiger partial charge in [-0.05, 0) is 45.2 Å². The predicted molar refractivity (Wildman–Crippen MR) is 84.0 cm³/mol. The fraction of sp³-hybridized carbons (Fsp3) is 0.375. The number of nitrogens with zero attached hydrogens (tertiary/aromatic N) is 3. The molecule has 0 aliphatic carbocycles. The summed E-state index contributed by atoms with van der Waals surface area (Å²) in [4.78, 5) is 13.9. The van der Waals surface area contributed by atoms with Crippen LogP contribution in [-0.4, -0.2) is 34.2 Å². The van der Waals surface area contributed by atoms with Crippen molar-refractivity contribution in [1.29, 1.82) is 0 Å². The quantitative estimate of drug-likeness (QED) is 0.891. The number of likely N-dealkylation sites (N-methyl/N-ethyl adjacent to an activating group) is 1.